The van der Waals surface area contributed by atoms with Crippen molar-refractivity contribution in [2.24, 2.45) is 11.7 Å². The largest absolute Gasteiger partial charge is 0.350 e. The van der Waals surface area contributed by atoms with Crippen molar-refractivity contribution in [3.63, 3.8) is 0 Å². The third-order valence-corrected chi connectivity index (χ3v) is 1.46. The molecule has 0 aromatic carbocycles. The predicted octanol–water partition coefficient (Wildman–Crippen LogP) is 1.76. The lowest BCUT2D eigenvalue weighted by Gasteiger charge is -2.27. The van der Waals surface area contributed by atoms with Gasteiger partial charge >= 0.3 is 0 Å². The summed E-state index contributed by atoms with van der Waals surface area (Å²) in [4.78, 5) is 0. The summed E-state index contributed by atoms with van der Waals surface area (Å²) in [6.07, 6.45) is 0. The van der Waals surface area contributed by atoms with Gasteiger partial charge in [-0.05, 0) is 26.7 Å². The van der Waals surface area contributed by atoms with E-state index in [0.717, 1.165) is 0 Å². The van der Waals surface area contributed by atoms with Gasteiger partial charge < -0.3 is 15.2 Å². The fourth-order valence-corrected chi connectivity index (χ4v) is 0.741. The minimum Gasteiger partial charge on any atom is -0.350 e. The van der Waals surface area contributed by atoms with E-state index < -0.39 is 5.79 Å². The summed E-state index contributed by atoms with van der Waals surface area (Å²) in [6, 6.07) is 0.0573. The van der Waals surface area contributed by atoms with Crippen LogP contribution in [0.4, 0.5) is 0 Å². The Morgan fingerprint density at radius 1 is 1.08 bits per heavy atom. The first kappa shape index (κ1) is 12.9. The Balaban J connectivity index is 3.66. The molecule has 0 aliphatic heterocycles. The van der Waals surface area contributed by atoms with Crippen LogP contribution in [0.3, 0.4) is 0 Å². The second kappa shape index (κ2) is 5.58. The third kappa shape index (κ3) is 8.22. The van der Waals surface area contributed by atoms with Crippen molar-refractivity contribution in [2.45, 2.75) is 46.4 Å². The molecule has 1 unspecified atom stereocenters. The van der Waals surface area contributed by atoms with Gasteiger partial charge in [-0.1, -0.05) is 13.8 Å². The summed E-state index contributed by atoms with van der Waals surface area (Å²) in [5.41, 5.74) is 5.57. The Hall–Kier alpha value is -0.120. The molecule has 0 spiro atoms. The summed E-state index contributed by atoms with van der Waals surface area (Å²) < 4.78 is 11.1. The molecule has 0 aromatic rings. The van der Waals surface area contributed by atoms with Crippen LogP contribution in [0, 0.1) is 5.92 Å². The number of rotatable bonds is 6. The number of nitrogens with two attached hydrogens (primary N) is 1. The van der Waals surface area contributed by atoms with Gasteiger partial charge in [0.15, 0.2) is 5.79 Å². The second-order valence-corrected chi connectivity index (χ2v) is 4.39. The Labute approximate surface area is 81.6 Å². The van der Waals surface area contributed by atoms with Gasteiger partial charge in [-0.15, -0.1) is 0 Å². The monoisotopic (exact) mass is 189 g/mol. The van der Waals surface area contributed by atoms with E-state index in [2.05, 4.69) is 13.8 Å². The van der Waals surface area contributed by atoms with Gasteiger partial charge in [-0.2, -0.15) is 0 Å². The molecular formula is C10H23NO2. The molecule has 13 heavy (non-hydrogen) atoms. The van der Waals surface area contributed by atoms with Crippen LogP contribution < -0.4 is 5.73 Å². The molecule has 0 amide bonds. The molecule has 3 nitrogen and oxygen atoms in total. The van der Waals surface area contributed by atoms with Gasteiger partial charge in [0, 0.05) is 6.04 Å². The normalized spacial score (nSPS) is 15.0. The van der Waals surface area contributed by atoms with Gasteiger partial charge in [0.2, 0.25) is 0 Å². The van der Waals surface area contributed by atoms with E-state index in [1.165, 1.54) is 0 Å². The first-order valence-corrected chi connectivity index (χ1v) is 4.87. The van der Waals surface area contributed by atoms with Crippen molar-refractivity contribution in [1.29, 1.82) is 0 Å². The lowest BCUT2D eigenvalue weighted by Crippen LogP contribution is -2.35. The van der Waals surface area contributed by atoms with Crippen LogP contribution in [0.25, 0.3) is 0 Å². The minimum absolute atomic E-state index is 0.0573. The van der Waals surface area contributed by atoms with Gasteiger partial charge in [-0.3, -0.25) is 0 Å². The van der Waals surface area contributed by atoms with E-state index >= 15 is 0 Å². The molecule has 0 aliphatic carbocycles. The zero-order valence-corrected chi connectivity index (χ0v) is 9.46. The van der Waals surface area contributed by atoms with Gasteiger partial charge in [0.05, 0.1) is 13.2 Å². The third-order valence-electron chi connectivity index (χ3n) is 1.46. The quantitative estimate of drug-likeness (QED) is 0.647. The summed E-state index contributed by atoms with van der Waals surface area (Å²) >= 11 is 0. The Morgan fingerprint density at radius 2 is 1.54 bits per heavy atom. The summed E-state index contributed by atoms with van der Waals surface area (Å²) in [5, 5.41) is 0. The maximum atomic E-state index is 5.57. The molecule has 0 aromatic heterocycles. The Morgan fingerprint density at radius 3 is 1.92 bits per heavy atom. The first-order chi connectivity index (χ1) is 5.83. The van der Waals surface area contributed by atoms with E-state index in [0.29, 0.717) is 19.1 Å². The van der Waals surface area contributed by atoms with Gasteiger partial charge in [-0.25, -0.2) is 0 Å². The SMILES string of the molecule is CC(C)COC(C)(C)OCC(C)N. The van der Waals surface area contributed by atoms with Crippen LogP contribution in [-0.2, 0) is 9.47 Å². The molecule has 3 heteroatoms. The molecule has 0 radical (unpaired) electrons. The fraction of sp³-hybridized carbons (Fsp3) is 1.00. The van der Waals surface area contributed by atoms with Crippen LogP contribution in [0.2, 0.25) is 0 Å². The molecule has 0 rings (SSSR count). The number of ether oxygens (including phenoxy) is 2. The molecule has 0 fully saturated rings. The summed E-state index contributed by atoms with van der Waals surface area (Å²) in [5.74, 6) is 0.0101. The molecule has 0 aliphatic rings. The molecule has 0 heterocycles. The van der Waals surface area contributed by atoms with Crippen molar-refractivity contribution in [3.8, 4) is 0 Å². The standard InChI is InChI=1S/C10H23NO2/c1-8(2)6-12-10(4,5)13-7-9(3)11/h8-9H,6-7,11H2,1-5H3. The molecular weight excluding hydrogens is 166 g/mol. The highest BCUT2D eigenvalue weighted by Gasteiger charge is 2.19. The summed E-state index contributed by atoms with van der Waals surface area (Å²) in [6.45, 7) is 11.2. The van der Waals surface area contributed by atoms with E-state index in [-0.39, 0.29) is 6.04 Å². The zero-order chi connectivity index (χ0) is 10.5. The van der Waals surface area contributed by atoms with Crippen molar-refractivity contribution in [2.75, 3.05) is 13.2 Å². The van der Waals surface area contributed by atoms with E-state index in [4.69, 9.17) is 15.2 Å². The average Bonchev–Trinajstić information content (AvgIpc) is 1.98. The van der Waals surface area contributed by atoms with Crippen molar-refractivity contribution in [1.82, 2.24) is 0 Å². The molecule has 0 bridgehead atoms. The van der Waals surface area contributed by atoms with Crippen molar-refractivity contribution < 1.29 is 9.47 Å². The van der Waals surface area contributed by atoms with E-state index in [9.17, 15) is 0 Å². The molecule has 1 atom stereocenters. The highest BCUT2D eigenvalue weighted by atomic mass is 16.7. The Bertz CT molecular complexity index is 119. The highest BCUT2D eigenvalue weighted by molar-refractivity contribution is 4.58. The minimum atomic E-state index is -0.516. The van der Waals surface area contributed by atoms with Gasteiger partial charge in [0.1, 0.15) is 0 Å². The zero-order valence-electron chi connectivity index (χ0n) is 9.46. The maximum Gasteiger partial charge on any atom is 0.162 e. The molecule has 2 N–H and O–H groups in total. The average molecular weight is 189 g/mol. The topological polar surface area (TPSA) is 44.5 Å². The van der Waals surface area contributed by atoms with Crippen LogP contribution in [0.15, 0.2) is 0 Å². The van der Waals surface area contributed by atoms with Gasteiger partial charge in [0.25, 0.3) is 0 Å². The van der Waals surface area contributed by atoms with E-state index in [1.807, 2.05) is 20.8 Å². The van der Waals surface area contributed by atoms with Crippen LogP contribution in [0.5, 0.6) is 0 Å². The molecule has 0 saturated heterocycles. The highest BCUT2D eigenvalue weighted by Crippen LogP contribution is 2.12. The predicted molar refractivity (Wildman–Crippen MR) is 54.5 cm³/mol. The molecule has 80 valence electrons. The maximum absolute atomic E-state index is 5.57. The lowest BCUT2D eigenvalue weighted by atomic mass is 10.2. The van der Waals surface area contributed by atoms with Crippen LogP contribution in [0.1, 0.15) is 34.6 Å². The second-order valence-electron chi connectivity index (χ2n) is 4.39. The van der Waals surface area contributed by atoms with Crippen LogP contribution >= 0.6 is 0 Å². The number of hydrogen-bond donors (Lipinski definition) is 1. The number of hydrogen-bond acceptors (Lipinski definition) is 3. The lowest BCUT2D eigenvalue weighted by molar-refractivity contribution is -0.219. The summed E-state index contributed by atoms with van der Waals surface area (Å²) in [7, 11) is 0. The smallest absolute Gasteiger partial charge is 0.162 e. The van der Waals surface area contributed by atoms with E-state index in [1.54, 1.807) is 0 Å². The Kier molecular flexibility index (Phi) is 5.53. The molecule has 0 saturated carbocycles. The first-order valence-electron chi connectivity index (χ1n) is 4.87. The van der Waals surface area contributed by atoms with Crippen molar-refractivity contribution in [3.05, 3.63) is 0 Å². The van der Waals surface area contributed by atoms with Crippen LogP contribution in [-0.4, -0.2) is 25.0 Å². The fourth-order valence-electron chi connectivity index (χ4n) is 0.741. The van der Waals surface area contributed by atoms with Crippen molar-refractivity contribution >= 4 is 0 Å².